The fraction of sp³-hybridized carbons (Fsp3) is 0.310. The highest BCUT2D eigenvalue weighted by molar-refractivity contribution is 5.92. The van der Waals surface area contributed by atoms with Crippen LogP contribution in [0.2, 0.25) is 0 Å². The zero-order chi connectivity index (χ0) is 22.9. The van der Waals surface area contributed by atoms with Crippen molar-refractivity contribution in [2.75, 3.05) is 0 Å². The Hall–Kier alpha value is -3.20. The molecule has 0 saturated heterocycles. The zero-order valence-corrected chi connectivity index (χ0v) is 19.1. The maximum absolute atomic E-state index is 13.4. The third-order valence-corrected chi connectivity index (χ3v) is 5.89. The van der Waals surface area contributed by atoms with Crippen molar-refractivity contribution in [1.82, 2.24) is 0 Å². The van der Waals surface area contributed by atoms with E-state index in [9.17, 15) is 9.59 Å². The molecule has 3 rings (SSSR count). The average Bonchev–Trinajstić information content (AvgIpc) is 2.80. The number of aldehydes is 1. The van der Waals surface area contributed by atoms with Crippen molar-refractivity contribution in [3.63, 3.8) is 0 Å². The van der Waals surface area contributed by atoms with Gasteiger partial charge >= 0.3 is 5.97 Å². The van der Waals surface area contributed by atoms with Crippen LogP contribution >= 0.6 is 0 Å². The summed E-state index contributed by atoms with van der Waals surface area (Å²) in [6, 6.07) is 28.2. The van der Waals surface area contributed by atoms with Gasteiger partial charge in [-0.1, -0.05) is 99.6 Å². The Morgan fingerprint density at radius 2 is 1.34 bits per heavy atom. The van der Waals surface area contributed by atoms with Gasteiger partial charge in [0.15, 0.2) is 0 Å². The van der Waals surface area contributed by atoms with Crippen LogP contribution in [0, 0.1) is 11.8 Å². The second-order valence-corrected chi connectivity index (χ2v) is 8.77. The molecule has 3 heteroatoms. The monoisotopic (exact) mass is 428 g/mol. The van der Waals surface area contributed by atoms with E-state index in [0.29, 0.717) is 18.4 Å². The Balaban J connectivity index is 1.97. The Kier molecular flexibility index (Phi) is 8.38. The molecule has 0 unspecified atom stereocenters. The molecular weight excluding hydrogens is 396 g/mol. The van der Waals surface area contributed by atoms with E-state index < -0.39 is 0 Å². The molecule has 166 valence electrons. The van der Waals surface area contributed by atoms with Crippen LogP contribution in [0.4, 0.5) is 0 Å². The van der Waals surface area contributed by atoms with Gasteiger partial charge < -0.3 is 9.53 Å². The first-order valence-corrected chi connectivity index (χ1v) is 11.3. The zero-order valence-electron chi connectivity index (χ0n) is 19.1. The van der Waals surface area contributed by atoms with Gasteiger partial charge in [0.1, 0.15) is 12.4 Å². The van der Waals surface area contributed by atoms with Crippen LogP contribution in [0.25, 0.3) is 0 Å². The van der Waals surface area contributed by atoms with Crippen molar-refractivity contribution in [3.8, 4) is 0 Å². The minimum Gasteiger partial charge on any atom is -0.458 e. The van der Waals surface area contributed by atoms with E-state index >= 15 is 0 Å². The molecule has 0 aromatic heterocycles. The predicted molar refractivity (Wildman–Crippen MR) is 129 cm³/mol. The molecule has 0 aliphatic heterocycles. The molecule has 0 heterocycles. The lowest BCUT2D eigenvalue weighted by Crippen LogP contribution is -2.27. The maximum atomic E-state index is 13.4. The van der Waals surface area contributed by atoms with Crippen LogP contribution in [-0.2, 0) is 9.53 Å². The molecule has 0 bridgehead atoms. The lowest BCUT2D eigenvalue weighted by Gasteiger charge is -2.26. The SMILES string of the molecule is CC(C)[C@H](C[C@@H](C)CC=O)OC(=O)c1ccccc1C(c1ccccc1)c1ccccc1. The first-order chi connectivity index (χ1) is 15.5. The average molecular weight is 429 g/mol. The number of hydrogen-bond donors (Lipinski definition) is 0. The number of rotatable bonds is 10. The third kappa shape index (κ3) is 5.94. The van der Waals surface area contributed by atoms with E-state index in [1.165, 1.54) is 0 Å². The first-order valence-electron chi connectivity index (χ1n) is 11.3. The summed E-state index contributed by atoms with van der Waals surface area (Å²) in [4.78, 5) is 24.3. The summed E-state index contributed by atoms with van der Waals surface area (Å²) in [5.41, 5.74) is 3.76. The fourth-order valence-corrected chi connectivity index (χ4v) is 4.09. The van der Waals surface area contributed by atoms with Crippen LogP contribution < -0.4 is 0 Å². The van der Waals surface area contributed by atoms with Crippen LogP contribution in [-0.4, -0.2) is 18.4 Å². The number of ether oxygens (including phenoxy) is 1. The summed E-state index contributed by atoms with van der Waals surface area (Å²) in [6.07, 6.45) is 1.84. The largest absolute Gasteiger partial charge is 0.458 e. The van der Waals surface area contributed by atoms with E-state index in [0.717, 1.165) is 23.0 Å². The molecule has 0 aliphatic carbocycles. The minimum atomic E-state index is -0.311. The Labute approximate surface area is 191 Å². The third-order valence-electron chi connectivity index (χ3n) is 5.89. The van der Waals surface area contributed by atoms with Crippen molar-refractivity contribution in [3.05, 3.63) is 107 Å². The lowest BCUT2D eigenvalue weighted by molar-refractivity contribution is -0.108. The second kappa shape index (κ2) is 11.4. The highest BCUT2D eigenvalue weighted by atomic mass is 16.5. The van der Waals surface area contributed by atoms with Crippen LogP contribution in [0.1, 0.15) is 66.6 Å². The number of carbonyl (C=O) groups is 2. The van der Waals surface area contributed by atoms with Gasteiger partial charge in [-0.3, -0.25) is 0 Å². The minimum absolute atomic E-state index is 0.0763. The molecule has 32 heavy (non-hydrogen) atoms. The van der Waals surface area contributed by atoms with E-state index in [1.807, 2.05) is 81.4 Å². The summed E-state index contributed by atoms with van der Waals surface area (Å²) in [5, 5.41) is 0. The summed E-state index contributed by atoms with van der Waals surface area (Å²) < 4.78 is 6.02. The van der Waals surface area contributed by atoms with Gasteiger partial charge in [0.25, 0.3) is 0 Å². The Bertz CT molecular complexity index is 956. The van der Waals surface area contributed by atoms with E-state index in [-0.39, 0.29) is 29.8 Å². The lowest BCUT2D eigenvalue weighted by atomic mass is 9.83. The van der Waals surface area contributed by atoms with Gasteiger partial charge in [-0.05, 0) is 41.0 Å². The van der Waals surface area contributed by atoms with Gasteiger partial charge in [-0.15, -0.1) is 0 Å². The van der Waals surface area contributed by atoms with Crippen LogP contribution in [0.3, 0.4) is 0 Å². The molecule has 0 aliphatic rings. The second-order valence-electron chi connectivity index (χ2n) is 8.77. The first kappa shape index (κ1) is 23.5. The van der Waals surface area contributed by atoms with E-state index in [4.69, 9.17) is 4.74 Å². The van der Waals surface area contributed by atoms with Gasteiger partial charge in [0.05, 0.1) is 5.56 Å². The van der Waals surface area contributed by atoms with Crippen molar-refractivity contribution < 1.29 is 14.3 Å². The molecule has 0 amide bonds. The summed E-state index contributed by atoms with van der Waals surface area (Å²) in [7, 11) is 0. The normalized spacial score (nSPS) is 13.0. The van der Waals surface area contributed by atoms with Gasteiger partial charge in [0.2, 0.25) is 0 Å². The molecule has 0 saturated carbocycles. The maximum Gasteiger partial charge on any atom is 0.338 e. The number of esters is 1. The van der Waals surface area contributed by atoms with Crippen LogP contribution in [0.15, 0.2) is 84.9 Å². The van der Waals surface area contributed by atoms with Crippen LogP contribution in [0.5, 0.6) is 0 Å². The molecular formula is C29H32O3. The van der Waals surface area contributed by atoms with Crippen molar-refractivity contribution >= 4 is 12.3 Å². The standard InChI is InChI=1S/C29H32O3/c1-21(2)27(20-22(3)18-19-30)32-29(31)26-17-11-10-16-25(26)28(23-12-6-4-7-13-23)24-14-8-5-9-15-24/h4-17,19,21-22,27-28H,18,20H2,1-3H3/t22-,27-/m0/s1. The predicted octanol–water partition coefficient (Wildman–Crippen LogP) is 6.66. The van der Waals surface area contributed by atoms with Crippen molar-refractivity contribution in [2.24, 2.45) is 11.8 Å². The van der Waals surface area contributed by atoms with Gasteiger partial charge in [-0.25, -0.2) is 4.79 Å². The van der Waals surface area contributed by atoms with Crippen molar-refractivity contribution in [1.29, 1.82) is 0 Å². The van der Waals surface area contributed by atoms with E-state index in [1.54, 1.807) is 0 Å². The Morgan fingerprint density at radius 3 is 1.88 bits per heavy atom. The molecule has 0 radical (unpaired) electrons. The number of benzene rings is 3. The van der Waals surface area contributed by atoms with Gasteiger partial charge in [0, 0.05) is 12.3 Å². The summed E-state index contributed by atoms with van der Waals surface area (Å²) in [5.74, 6) is -0.0503. The topological polar surface area (TPSA) is 43.4 Å². The molecule has 2 atom stereocenters. The molecule has 0 spiro atoms. The highest BCUT2D eigenvalue weighted by Gasteiger charge is 2.26. The molecule has 3 aromatic carbocycles. The molecule has 0 N–H and O–H groups in total. The molecule has 3 aromatic rings. The van der Waals surface area contributed by atoms with Gasteiger partial charge in [-0.2, -0.15) is 0 Å². The smallest absolute Gasteiger partial charge is 0.338 e. The quantitative estimate of drug-likeness (QED) is 0.206. The molecule has 3 nitrogen and oxygen atoms in total. The number of carbonyl (C=O) groups excluding carboxylic acids is 2. The Morgan fingerprint density at radius 1 is 0.812 bits per heavy atom. The van der Waals surface area contributed by atoms with E-state index in [2.05, 4.69) is 24.3 Å². The molecule has 0 fully saturated rings. The highest BCUT2D eigenvalue weighted by Crippen LogP contribution is 2.34. The summed E-state index contributed by atoms with van der Waals surface area (Å²) in [6.45, 7) is 6.12. The number of hydrogen-bond acceptors (Lipinski definition) is 3. The fourth-order valence-electron chi connectivity index (χ4n) is 4.09. The van der Waals surface area contributed by atoms with Crippen molar-refractivity contribution in [2.45, 2.75) is 45.6 Å². The summed E-state index contributed by atoms with van der Waals surface area (Å²) >= 11 is 0.